The second-order valence-electron chi connectivity index (χ2n) is 5.07. The molecule has 0 unspecified atom stereocenters. The number of nitrogens with one attached hydrogen (secondary N) is 2. The molecule has 0 saturated carbocycles. The van der Waals surface area contributed by atoms with Crippen molar-refractivity contribution in [2.75, 3.05) is 32.7 Å². The van der Waals surface area contributed by atoms with Gasteiger partial charge in [-0.05, 0) is 30.3 Å². The number of hydrogen-bond donors (Lipinski definition) is 2. The third kappa shape index (κ3) is 5.29. The predicted octanol–water partition coefficient (Wildman–Crippen LogP) is 3.34. The Kier molecular flexibility index (Phi) is 7.11. The van der Waals surface area contributed by atoms with Crippen molar-refractivity contribution in [3.8, 4) is 11.5 Å². The van der Waals surface area contributed by atoms with E-state index in [-0.39, 0.29) is 18.7 Å². The summed E-state index contributed by atoms with van der Waals surface area (Å²) in [5.41, 5.74) is 0.587. The summed E-state index contributed by atoms with van der Waals surface area (Å²) in [5, 5.41) is 5.52. The maximum Gasteiger partial charge on any atom is 0.337 e. The number of esters is 1. The van der Waals surface area contributed by atoms with Gasteiger partial charge in [0.1, 0.15) is 6.61 Å². The van der Waals surface area contributed by atoms with Crippen molar-refractivity contribution in [2.24, 2.45) is 0 Å². The topological polar surface area (TPSA) is 85.9 Å². The van der Waals surface area contributed by atoms with E-state index < -0.39 is 12.0 Å². The summed E-state index contributed by atoms with van der Waals surface area (Å²) in [7, 11) is 2.83. The van der Waals surface area contributed by atoms with Crippen LogP contribution in [-0.2, 0) is 4.74 Å². The molecule has 2 aromatic carbocycles. The van der Waals surface area contributed by atoms with Crippen molar-refractivity contribution in [3.63, 3.8) is 0 Å². The number of urea groups is 1. The Balaban J connectivity index is 1.84. The molecule has 2 aromatic rings. The number of methoxy groups -OCH3 is 2. The zero-order valence-electron chi connectivity index (χ0n) is 14.4. The van der Waals surface area contributed by atoms with E-state index in [2.05, 4.69) is 15.4 Å². The summed E-state index contributed by atoms with van der Waals surface area (Å²) in [6, 6.07) is 11.2. The molecule has 0 saturated heterocycles. The zero-order valence-corrected chi connectivity index (χ0v) is 15.1. The first kappa shape index (κ1) is 19.4. The minimum absolute atomic E-state index is 0.254. The average molecular weight is 379 g/mol. The first-order valence-electron chi connectivity index (χ1n) is 7.73. The van der Waals surface area contributed by atoms with E-state index in [1.54, 1.807) is 19.2 Å². The van der Waals surface area contributed by atoms with Crippen LogP contribution in [0.3, 0.4) is 0 Å². The second-order valence-corrected chi connectivity index (χ2v) is 5.47. The minimum Gasteiger partial charge on any atom is -0.493 e. The molecule has 0 aliphatic rings. The fourth-order valence-corrected chi connectivity index (χ4v) is 2.26. The number of rotatable bonds is 7. The Morgan fingerprint density at radius 2 is 1.81 bits per heavy atom. The molecule has 2 N–H and O–H groups in total. The Bertz CT molecular complexity index is 782. The van der Waals surface area contributed by atoms with Gasteiger partial charge in [0.05, 0.1) is 37.0 Å². The van der Waals surface area contributed by atoms with Crippen LogP contribution >= 0.6 is 11.6 Å². The van der Waals surface area contributed by atoms with Crippen molar-refractivity contribution in [3.05, 3.63) is 53.1 Å². The lowest BCUT2D eigenvalue weighted by Crippen LogP contribution is -2.32. The molecule has 0 bridgehead atoms. The lowest BCUT2D eigenvalue weighted by Gasteiger charge is -2.12. The fourth-order valence-electron chi connectivity index (χ4n) is 2.10. The number of para-hydroxylation sites is 2. The van der Waals surface area contributed by atoms with Gasteiger partial charge in [-0.3, -0.25) is 0 Å². The molecule has 0 aliphatic heterocycles. The zero-order chi connectivity index (χ0) is 18.9. The molecule has 7 nitrogen and oxygen atoms in total. The number of anilines is 1. The number of amides is 2. The standard InChI is InChI=1S/C18H19ClN2O5/c1-24-15-5-3-4-6-16(15)26-10-9-20-18(23)21-14-11-12(17(22)25-2)7-8-13(14)19/h3-8,11H,9-10H2,1-2H3,(H2,20,21,23). The van der Waals surface area contributed by atoms with Gasteiger partial charge in [0.2, 0.25) is 0 Å². The number of carbonyl (C=O) groups is 2. The number of benzene rings is 2. The smallest absolute Gasteiger partial charge is 0.337 e. The van der Waals surface area contributed by atoms with Gasteiger partial charge in [-0.25, -0.2) is 9.59 Å². The highest BCUT2D eigenvalue weighted by molar-refractivity contribution is 6.33. The van der Waals surface area contributed by atoms with Crippen LogP contribution in [0.25, 0.3) is 0 Å². The Hall–Kier alpha value is -2.93. The van der Waals surface area contributed by atoms with Gasteiger partial charge in [0.15, 0.2) is 11.5 Å². The summed E-state index contributed by atoms with van der Waals surface area (Å²) >= 11 is 6.03. The van der Waals surface area contributed by atoms with Gasteiger partial charge in [0, 0.05) is 0 Å². The highest BCUT2D eigenvalue weighted by Crippen LogP contribution is 2.25. The lowest BCUT2D eigenvalue weighted by atomic mass is 10.2. The van der Waals surface area contributed by atoms with E-state index >= 15 is 0 Å². The van der Waals surface area contributed by atoms with E-state index in [0.717, 1.165) is 0 Å². The van der Waals surface area contributed by atoms with E-state index in [1.165, 1.54) is 25.3 Å². The molecule has 0 radical (unpaired) electrons. The molecule has 2 rings (SSSR count). The molecule has 0 aromatic heterocycles. The Morgan fingerprint density at radius 1 is 1.08 bits per heavy atom. The van der Waals surface area contributed by atoms with Gasteiger partial charge in [-0.1, -0.05) is 23.7 Å². The molecule has 0 atom stereocenters. The third-order valence-corrected chi connectivity index (χ3v) is 3.68. The van der Waals surface area contributed by atoms with Gasteiger partial charge in [0.25, 0.3) is 0 Å². The summed E-state index contributed by atoms with van der Waals surface area (Å²) in [5.74, 6) is 0.685. The first-order valence-corrected chi connectivity index (χ1v) is 8.11. The van der Waals surface area contributed by atoms with E-state index in [9.17, 15) is 9.59 Å². The molecule has 0 spiro atoms. The molecule has 2 amide bonds. The maximum absolute atomic E-state index is 12.0. The van der Waals surface area contributed by atoms with Crippen LogP contribution in [0.4, 0.5) is 10.5 Å². The van der Waals surface area contributed by atoms with Gasteiger partial charge in [-0.15, -0.1) is 0 Å². The van der Waals surface area contributed by atoms with E-state index in [1.807, 2.05) is 12.1 Å². The van der Waals surface area contributed by atoms with Crippen LogP contribution in [0.5, 0.6) is 11.5 Å². The average Bonchev–Trinajstić information content (AvgIpc) is 2.66. The molecule has 0 aliphatic carbocycles. The number of ether oxygens (including phenoxy) is 3. The molecular weight excluding hydrogens is 360 g/mol. The molecular formula is C18H19ClN2O5. The monoisotopic (exact) mass is 378 g/mol. The Morgan fingerprint density at radius 3 is 2.50 bits per heavy atom. The maximum atomic E-state index is 12.0. The van der Waals surface area contributed by atoms with Crippen molar-refractivity contribution >= 4 is 29.3 Å². The van der Waals surface area contributed by atoms with Crippen LogP contribution in [-0.4, -0.2) is 39.4 Å². The number of hydrogen-bond acceptors (Lipinski definition) is 5. The molecule has 26 heavy (non-hydrogen) atoms. The fraction of sp³-hybridized carbons (Fsp3) is 0.222. The van der Waals surface area contributed by atoms with Crippen molar-refractivity contribution in [2.45, 2.75) is 0 Å². The first-order chi connectivity index (χ1) is 12.5. The Labute approximate surface area is 156 Å². The van der Waals surface area contributed by atoms with Gasteiger partial charge >= 0.3 is 12.0 Å². The van der Waals surface area contributed by atoms with Crippen LogP contribution in [0.1, 0.15) is 10.4 Å². The van der Waals surface area contributed by atoms with E-state index in [4.69, 9.17) is 21.1 Å². The van der Waals surface area contributed by atoms with Crippen LogP contribution in [0, 0.1) is 0 Å². The van der Waals surface area contributed by atoms with Crippen molar-refractivity contribution in [1.82, 2.24) is 5.32 Å². The largest absolute Gasteiger partial charge is 0.493 e. The second kappa shape index (κ2) is 9.53. The molecule has 0 fully saturated rings. The highest BCUT2D eigenvalue weighted by atomic mass is 35.5. The molecule has 0 heterocycles. The predicted molar refractivity (Wildman–Crippen MR) is 98.3 cm³/mol. The molecule has 138 valence electrons. The number of halogens is 1. The SMILES string of the molecule is COC(=O)c1ccc(Cl)c(NC(=O)NCCOc2ccccc2OC)c1. The summed E-state index contributed by atoms with van der Waals surface area (Å²) in [6.07, 6.45) is 0. The normalized spacial score (nSPS) is 9.96. The van der Waals surface area contributed by atoms with Crippen molar-refractivity contribution < 1.29 is 23.8 Å². The molecule has 8 heteroatoms. The third-order valence-electron chi connectivity index (χ3n) is 3.35. The summed E-state index contributed by atoms with van der Waals surface area (Å²) < 4.78 is 15.4. The quantitative estimate of drug-likeness (QED) is 0.570. The van der Waals surface area contributed by atoms with Crippen LogP contribution in [0.15, 0.2) is 42.5 Å². The van der Waals surface area contributed by atoms with Crippen LogP contribution in [0.2, 0.25) is 5.02 Å². The number of carbonyl (C=O) groups excluding carboxylic acids is 2. The highest BCUT2D eigenvalue weighted by Gasteiger charge is 2.11. The van der Waals surface area contributed by atoms with Crippen LogP contribution < -0.4 is 20.1 Å². The summed E-state index contributed by atoms with van der Waals surface area (Å²) in [4.78, 5) is 23.5. The van der Waals surface area contributed by atoms with Gasteiger partial charge in [-0.2, -0.15) is 0 Å². The minimum atomic E-state index is -0.518. The lowest BCUT2D eigenvalue weighted by molar-refractivity contribution is 0.0600. The van der Waals surface area contributed by atoms with Crippen molar-refractivity contribution in [1.29, 1.82) is 0 Å². The summed E-state index contributed by atoms with van der Waals surface area (Å²) in [6.45, 7) is 0.516. The van der Waals surface area contributed by atoms with E-state index in [0.29, 0.717) is 22.2 Å². The van der Waals surface area contributed by atoms with Gasteiger partial charge < -0.3 is 24.8 Å².